The Labute approximate surface area is 71.4 Å². The van der Waals surface area contributed by atoms with Gasteiger partial charge in [-0.1, -0.05) is 11.6 Å². The zero-order valence-corrected chi connectivity index (χ0v) is 6.40. The quantitative estimate of drug-likeness (QED) is 0.547. The van der Waals surface area contributed by atoms with E-state index in [2.05, 4.69) is 0 Å². The molecule has 1 N–H and O–H groups in total. The Morgan fingerprint density at radius 2 is 2.08 bits per heavy atom. The van der Waals surface area contributed by atoms with Crippen LogP contribution in [0.15, 0.2) is 6.07 Å². The van der Waals surface area contributed by atoms with Gasteiger partial charge in [0.15, 0.2) is 17.9 Å². The van der Waals surface area contributed by atoms with Crippen molar-refractivity contribution < 1.29 is 18.7 Å². The van der Waals surface area contributed by atoms with Crippen LogP contribution in [0.25, 0.3) is 0 Å². The second-order valence-electron chi connectivity index (χ2n) is 2.04. The highest BCUT2D eigenvalue weighted by Crippen LogP contribution is 2.29. The van der Waals surface area contributed by atoms with Crippen LogP contribution < -0.4 is 0 Å². The fourth-order valence-electron chi connectivity index (χ4n) is 0.694. The molecule has 0 radical (unpaired) electrons. The van der Waals surface area contributed by atoms with Gasteiger partial charge in [-0.3, -0.25) is 4.79 Å². The minimum absolute atomic E-state index is 0.137. The zero-order chi connectivity index (χ0) is 9.30. The number of aldehydes is 1. The van der Waals surface area contributed by atoms with Crippen molar-refractivity contribution in [1.29, 1.82) is 0 Å². The van der Waals surface area contributed by atoms with Crippen molar-refractivity contribution in [3.63, 3.8) is 0 Å². The van der Waals surface area contributed by atoms with E-state index >= 15 is 0 Å². The molecule has 0 aliphatic rings. The lowest BCUT2D eigenvalue weighted by atomic mass is 10.2. The van der Waals surface area contributed by atoms with E-state index in [1.165, 1.54) is 0 Å². The van der Waals surface area contributed by atoms with Gasteiger partial charge in [-0.25, -0.2) is 8.78 Å². The van der Waals surface area contributed by atoms with Gasteiger partial charge in [0.2, 0.25) is 0 Å². The monoisotopic (exact) mass is 192 g/mol. The Hall–Kier alpha value is -1.16. The van der Waals surface area contributed by atoms with Crippen LogP contribution in [0.2, 0.25) is 5.02 Å². The Bertz CT molecular complexity index is 339. The van der Waals surface area contributed by atoms with E-state index < -0.39 is 28.0 Å². The van der Waals surface area contributed by atoms with Crippen LogP contribution in [0.5, 0.6) is 5.75 Å². The highest BCUT2D eigenvalue weighted by atomic mass is 35.5. The molecular weight excluding hydrogens is 190 g/mol. The average Bonchev–Trinajstić information content (AvgIpc) is 2.08. The molecule has 5 heteroatoms. The summed E-state index contributed by atoms with van der Waals surface area (Å²) in [5, 5.41) is 8.02. The first-order valence-electron chi connectivity index (χ1n) is 2.89. The summed E-state index contributed by atoms with van der Waals surface area (Å²) >= 11 is 5.09. The molecule has 0 aliphatic heterocycles. The summed E-state index contributed by atoms with van der Waals surface area (Å²) in [6.45, 7) is 0. The van der Waals surface area contributed by atoms with Gasteiger partial charge in [-0.05, 0) is 6.07 Å². The van der Waals surface area contributed by atoms with Crippen LogP contribution in [0, 0.1) is 11.6 Å². The molecule has 0 amide bonds. The number of carbonyl (C=O) groups excluding carboxylic acids is 1. The summed E-state index contributed by atoms with van der Waals surface area (Å²) in [5.74, 6) is -3.33. The van der Waals surface area contributed by atoms with Crippen molar-refractivity contribution in [3.05, 3.63) is 28.3 Å². The third-order valence-electron chi connectivity index (χ3n) is 1.29. The Morgan fingerprint density at radius 1 is 1.50 bits per heavy atom. The number of phenolic OH excluding ortho intramolecular Hbond substituents is 1. The summed E-state index contributed by atoms with van der Waals surface area (Å²) in [6.07, 6.45) is 0.137. The van der Waals surface area contributed by atoms with E-state index in [9.17, 15) is 13.6 Å². The van der Waals surface area contributed by atoms with Gasteiger partial charge in [0, 0.05) is 0 Å². The number of rotatable bonds is 1. The molecule has 0 aliphatic carbocycles. The van der Waals surface area contributed by atoms with Crippen molar-refractivity contribution in [2.75, 3.05) is 0 Å². The molecule has 1 rings (SSSR count). The molecule has 0 unspecified atom stereocenters. The van der Waals surface area contributed by atoms with Crippen LogP contribution in [0.1, 0.15) is 10.4 Å². The Balaban J connectivity index is 3.49. The largest absolute Gasteiger partial charge is 0.504 e. The standard InChI is InChI=1S/C7H3ClF2O2/c8-5-4(9)1-3(2-11)7(12)6(5)10/h1-2,12H. The van der Waals surface area contributed by atoms with E-state index in [1.54, 1.807) is 0 Å². The predicted molar refractivity (Wildman–Crippen MR) is 38.4 cm³/mol. The number of hydrogen-bond donors (Lipinski definition) is 1. The van der Waals surface area contributed by atoms with E-state index in [0.717, 1.165) is 0 Å². The molecule has 0 saturated carbocycles. The Kier molecular flexibility index (Phi) is 2.28. The predicted octanol–water partition coefficient (Wildman–Crippen LogP) is 2.14. The van der Waals surface area contributed by atoms with Gasteiger partial charge in [-0.15, -0.1) is 0 Å². The second kappa shape index (κ2) is 3.06. The van der Waals surface area contributed by atoms with Crippen LogP contribution in [-0.2, 0) is 0 Å². The van der Waals surface area contributed by atoms with Gasteiger partial charge >= 0.3 is 0 Å². The van der Waals surface area contributed by atoms with E-state index in [1.807, 2.05) is 0 Å². The third kappa shape index (κ3) is 1.25. The van der Waals surface area contributed by atoms with E-state index in [0.29, 0.717) is 6.07 Å². The third-order valence-corrected chi connectivity index (χ3v) is 1.64. The first-order valence-corrected chi connectivity index (χ1v) is 3.27. The molecule has 0 atom stereocenters. The molecule has 0 heterocycles. The minimum Gasteiger partial charge on any atom is -0.504 e. The lowest BCUT2D eigenvalue weighted by Crippen LogP contribution is -1.90. The van der Waals surface area contributed by atoms with Gasteiger partial charge in [0.25, 0.3) is 0 Å². The summed E-state index contributed by atoms with van der Waals surface area (Å²) < 4.78 is 25.2. The number of aromatic hydroxyl groups is 1. The maximum absolute atomic E-state index is 12.7. The molecular formula is C7H3ClF2O2. The summed E-state index contributed by atoms with van der Waals surface area (Å²) in [7, 11) is 0. The van der Waals surface area contributed by atoms with Crippen molar-refractivity contribution in [1.82, 2.24) is 0 Å². The van der Waals surface area contributed by atoms with Gasteiger partial charge in [-0.2, -0.15) is 0 Å². The molecule has 1 aromatic carbocycles. The van der Waals surface area contributed by atoms with Gasteiger partial charge < -0.3 is 5.11 Å². The fourth-order valence-corrected chi connectivity index (χ4v) is 0.838. The molecule has 0 spiro atoms. The normalized spacial score (nSPS) is 9.92. The van der Waals surface area contributed by atoms with Crippen LogP contribution in [0.4, 0.5) is 8.78 Å². The molecule has 1 aromatic rings. The molecule has 2 nitrogen and oxygen atoms in total. The number of halogens is 3. The van der Waals surface area contributed by atoms with Crippen molar-refractivity contribution in [3.8, 4) is 5.75 Å². The highest BCUT2D eigenvalue weighted by Gasteiger charge is 2.15. The maximum Gasteiger partial charge on any atom is 0.187 e. The van der Waals surface area contributed by atoms with Crippen molar-refractivity contribution in [2.45, 2.75) is 0 Å². The molecule has 0 saturated heterocycles. The van der Waals surface area contributed by atoms with E-state index in [4.69, 9.17) is 16.7 Å². The summed E-state index contributed by atoms with van der Waals surface area (Å²) in [4.78, 5) is 10.1. The zero-order valence-electron chi connectivity index (χ0n) is 5.64. The molecule has 0 aromatic heterocycles. The molecule has 64 valence electrons. The SMILES string of the molecule is O=Cc1cc(F)c(Cl)c(F)c1O. The van der Waals surface area contributed by atoms with Crippen molar-refractivity contribution in [2.24, 2.45) is 0 Å². The van der Waals surface area contributed by atoms with Crippen LogP contribution >= 0.6 is 11.6 Å². The molecule has 0 bridgehead atoms. The smallest absolute Gasteiger partial charge is 0.187 e. The highest BCUT2D eigenvalue weighted by molar-refractivity contribution is 6.31. The maximum atomic E-state index is 12.7. The lowest BCUT2D eigenvalue weighted by Gasteiger charge is -2.01. The molecule has 0 fully saturated rings. The van der Waals surface area contributed by atoms with Gasteiger partial charge in [0.05, 0.1) is 5.56 Å². The number of phenols is 1. The first kappa shape index (κ1) is 8.93. The summed E-state index contributed by atoms with van der Waals surface area (Å²) in [6, 6.07) is 0.660. The van der Waals surface area contributed by atoms with Crippen LogP contribution in [0.3, 0.4) is 0 Å². The lowest BCUT2D eigenvalue weighted by molar-refractivity contribution is 0.111. The summed E-state index contributed by atoms with van der Waals surface area (Å²) in [5.41, 5.74) is -0.464. The number of hydrogen-bond acceptors (Lipinski definition) is 2. The number of carbonyl (C=O) groups is 1. The second-order valence-corrected chi connectivity index (χ2v) is 2.42. The van der Waals surface area contributed by atoms with Crippen LogP contribution in [-0.4, -0.2) is 11.4 Å². The fraction of sp³-hybridized carbons (Fsp3) is 0. The van der Waals surface area contributed by atoms with Gasteiger partial charge in [0.1, 0.15) is 10.8 Å². The number of benzene rings is 1. The topological polar surface area (TPSA) is 37.3 Å². The van der Waals surface area contributed by atoms with E-state index in [-0.39, 0.29) is 6.29 Å². The first-order chi connectivity index (χ1) is 5.57. The van der Waals surface area contributed by atoms with Crippen molar-refractivity contribution >= 4 is 17.9 Å². The minimum atomic E-state index is -1.32. The Morgan fingerprint density at radius 3 is 2.58 bits per heavy atom. The molecule has 12 heavy (non-hydrogen) atoms. The average molecular weight is 193 g/mol.